The number of amides is 1. The van der Waals surface area contributed by atoms with E-state index in [0.29, 0.717) is 26.1 Å². The third-order valence-electron chi connectivity index (χ3n) is 8.84. The summed E-state index contributed by atoms with van der Waals surface area (Å²) < 4.78 is 11.8. The first-order valence-corrected chi connectivity index (χ1v) is 14.5. The Balaban J connectivity index is 1.09. The molecule has 6 heteroatoms. The van der Waals surface area contributed by atoms with Crippen molar-refractivity contribution in [2.24, 2.45) is 5.92 Å². The fourth-order valence-corrected chi connectivity index (χ4v) is 6.86. The van der Waals surface area contributed by atoms with Crippen LogP contribution in [0.5, 0.6) is 5.75 Å². The van der Waals surface area contributed by atoms with E-state index in [0.717, 1.165) is 37.1 Å². The van der Waals surface area contributed by atoms with Gasteiger partial charge in [0.2, 0.25) is 0 Å². The monoisotopic (exact) mass is 538 g/mol. The largest absolute Gasteiger partial charge is 0.492 e. The summed E-state index contributed by atoms with van der Waals surface area (Å²) in [7, 11) is 4.03. The number of likely N-dealkylation sites (N-methyl/N-ethyl adjacent to an activating group) is 1. The zero-order valence-electron chi connectivity index (χ0n) is 23.4. The summed E-state index contributed by atoms with van der Waals surface area (Å²) in [5, 5.41) is 0. The van der Waals surface area contributed by atoms with Crippen molar-refractivity contribution in [2.75, 3.05) is 33.9 Å². The Labute approximate surface area is 236 Å². The molecule has 0 N–H and O–H groups in total. The molecule has 3 aliphatic rings. The zero-order chi connectivity index (χ0) is 27.6. The molecule has 3 aromatic carbocycles. The Kier molecular flexibility index (Phi) is 7.61. The van der Waals surface area contributed by atoms with Gasteiger partial charge in [0.1, 0.15) is 19.0 Å². The van der Waals surface area contributed by atoms with Crippen molar-refractivity contribution in [1.82, 2.24) is 9.80 Å². The molecule has 2 fully saturated rings. The van der Waals surface area contributed by atoms with Crippen LogP contribution in [0.3, 0.4) is 0 Å². The van der Waals surface area contributed by atoms with Crippen LogP contribution in [-0.2, 0) is 4.74 Å². The van der Waals surface area contributed by atoms with E-state index in [1.807, 2.05) is 43.3 Å². The van der Waals surface area contributed by atoms with E-state index < -0.39 is 0 Å². The van der Waals surface area contributed by atoms with E-state index in [9.17, 15) is 9.59 Å². The molecular weight excluding hydrogens is 500 g/mol. The summed E-state index contributed by atoms with van der Waals surface area (Å²) in [6.07, 6.45) is 4.08. The van der Waals surface area contributed by atoms with Crippen molar-refractivity contribution in [3.63, 3.8) is 0 Å². The number of hydrogen-bond donors (Lipinski definition) is 0. The first kappa shape index (κ1) is 26.6. The molecule has 6 nitrogen and oxygen atoms in total. The highest BCUT2D eigenvalue weighted by Gasteiger charge is 2.44. The maximum Gasteiger partial charge on any atom is 0.410 e. The van der Waals surface area contributed by atoms with E-state index in [4.69, 9.17) is 9.47 Å². The number of carbonyl (C=O) groups excluding carboxylic acids is 2. The fourth-order valence-electron chi connectivity index (χ4n) is 6.86. The number of benzene rings is 3. The van der Waals surface area contributed by atoms with Crippen LogP contribution >= 0.6 is 0 Å². The topological polar surface area (TPSA) is 59.1 Å². The predicted octanol–water partition coefficient (Wildman–Crippen LogP) is 6.39. The third kappa shape index (κ3) is 5.25. The molecule has 0 spiro atoms. The average Bonchev–Trinajstić information content (AvgIpc) is 3.28. The standard InChI is InChI=1S/C34H38N2O4/c1-35(2)18-19-39-27-16-14-23(15-17-27)33(37)24-20-25-8-7-9-26(21-24)36(25)34(38)40-22-32-30-12-5-3-10-28(30)29-11-4-6-13-31(29)32/h3-6,10-17,24-26,32H,7-9,18-22H2,1-2H3. The van der Waals surface area contributed by atoms with Crippen LogP contribution in [0.15, 0.2) is 72.8 Å². The molecule has 2 bridgehead atoms. The number of hydrogen-bond acceptors (Lipinski definition) is 5. The Morgan fingerprint density at radius 2 is 1.45 bits per heavy atom. The minimum Gasteiger partial charge on any atom is -0.492 e. The summed E-state index contributed by atoms with van der Waals surface area (Å²) in [6.45, 7) is 1.78. The Morgan fingerprint density at radius 1 is 0.850 bits per heavy atom. The van der Waals surface area contributed by atoms with Gasteiger partial charge in [0.05, 0.1) is 0 Å². The van der Waals surface area contributed by atoms with E-state index in [-0.39, 0.29) is 35.8 Å². The number of ketones is 1. The smallest absolute Gasteiger partial charge is 0.410 e. The molecule has 1 aliphatic carbocycles. The minimum atomic E-state index is -0.235. The number of fused-ring (bicyclic) bond motifs is 5. The van der Waals surface area contributed by atoms with Crippen LogP contribution in [0.2, 0.25) is 0 Å². The zero-order valence-corrected chi connectivity index (χ0v) is 23.4. The van der Waals surface area contributed by atoms with Crippen LogP contribution in [0, 0.1) is 5.92 Å². The van der Waals surface area contributed by atoms with Gasteiger partial charge in [0.25, 0.3) is 0 Å². The lowest BCUT2D eigenvalue weighted by Gasteiger charge is -2.47. The van der Waals surface area contributed by atoms with Crippen molar-refractivity contribution in [1.29, 1.82) is 0 Å². The molecule has 3 aromatic rings. The van der Waals surface area contributed by atoms with Gasteiger partial charge in [-0.05, 0) is 92.7 Å². The first-order chi connectivity index (χ1) is 19.5. The van der Waals surface area contributed by atoms with E-state index in [1.54, 1.807) is 0 Å². The van der Waals surface area contributed by atoms with Crippen LogP contribution in [0.25, 0.3) is 11.1 Å². The quantitative estimate of drug-likeness (QED) is 0.311. The maximum atomic E-state index is 13.5. The van der Waals surface area contributed by atoms with Crippen molar-refractivity contribution in [3.05, 3.63) is 89.5 Å². The second-order valence-electron chi connectivity index (χ2n) is 11.7. The molecule has 2 aliphatic heterocycles. The van der Waals surface area contributed by atoms with Crippen molar-refractivity contribution in [2.45, 2.75) is 50.1 Å². The van der Waals surface area contributed by atoms with Gasteiger partial charge in [0.15, 0.2) is 5.78 Å². The first-order valence-electron chi connectivity index (χ1n) is 14.5. The summed E-state index contributed by atoms with van der Waals surface area (Å²) in [4.78, 5) is 31.0. The van der Waals surface area contributed by atoms with Gasteiger partial charge in [-0.1, -0.05) is 48.5 Å². The minimum absolute atomic E-state index is 0.0464. The molecule has 2 atom stereocenters. The molecule has 40 heavy (non-hydrogen) atoms. The SMILES string of the molecule is CN(C)CCOc1ccc(C(=O)C2CC3CCCC(C2)N3C(=O)OCC2c3ccccc3-c3ccccc32)cc1. The van der Waals surface area contributed by atoms with Crippen molar-refractivity contribution >= 4 is 11.9 Å². The molecule has 2 saturated heterocycles. The van der Waals surface area contributed by atoms with Crippen LogP contribution in [0.1, 0.15) is 59.5 Å². The molecule has 0 radical (unpaired) electrons. The number of piperidine rings is 2. The average molecular weight is 539 g/mol. The lowest BCUT2D eigenvalue weighted by Crippen LogP contribution is -2.55. The normalized spacial score (nSPS) is 21.6. The number of rotatable bonds is 8. The molecular formula is C34H38N2O4. The molecule has 2 unspecified atom stereocenters. The number of ether oxygens (including phenoxy) is 2. The van der Waals surface area contributed by atoms with Crippen molar-refractivity contribution in [3.8, 4) is 16.9 Å². The maximum absolute atomic E-state index is 13.5. The van der Waals surface area contributed by atoms with Gasteiger partial charge in [-0.3, -0.25) is 4.79 Å². The Hall–Kier alpha value is -3.64. The molecule has 0 saturated carbocycles. The summed E-state index contributed by atoms with van der Waals surface area (Å²) in [5.74, 6) is 0.919. The van der Waals surface area contributed by atoms with E-state index in [1.165, 1.54) is 22.3 Å². The van der Waals surface area contributed by atoms with E-state index >= 15 is 0 Å². The number of carbonyl (C=O) groups is 2. The van der Waals surface area contributed by atoms with Gasteiger partial charge >= 0.3 is 6.09 Å². The fraction of sp³-hybridized carbons (Fsp3) is 0.412. The highest BCUT2D eigenvalue weighted by molar-refractivity contribution is 5.98. The van der Waals surface area contributed by atoms with Gasteiger partial charge in [0, 0.05) is 36.0 Å². The third-order valence-corrected chi connectivity index (χ3v) is 8.84. The highest BCUT2D eigenvalue weighted by Crippen LogP contribution is 2.45. The van der Waals surface area contributed by atoms with E-state index in [2.05, 4.69) is 53.4 Å². The molecule has 6 rings (SSSR count). The second kappa shape index (κ2) is 11.5. The summed E-state index contributed by atoms with van der Waals surface area (Å²) in [5.41, 5.74) is 5.61. The Bertz CT molecular complexity index is 1310. The van der Waals surface area contributed by atoms with Crippen molar-refractivity contribution < 1.29 is 19.1 Å². The molecule has 208 valence electrons. The second-order valence-corrected chi connectivity index (χ2v) is 11.7. The molecule has 1 amide bonds. The van der Waals surface area contributed by atoms with Crippen LogP contribution < -0.4 is 4.74 Å². The van der Waals surface area contributed by atoms with Gasteiger partial charge < -0.3 is 19.3 Å². The number of nitrogens with zero attached hydrogens (tertiary/aromatic N) is 2. The van der Waals surface area contributed by atoms with Crippen LogP contribution in [0.4, 0.5) is 4.79 Å². The van der Waals surface area contributed by atoms with Gasteiger partial charge in [-0.15, -0.1) is 0 Å². The lowest BCUT2D eigenvalue weighted by atomic mass is 9.76. The Morgan fingerprint density at radius 3 is 2.05 bits per heavy atom. The summed E-state index contributed by atoms with van der Waals surface area (Å²) in [6, 6.07) is 24.4. The highest BCUT2D eigenvalue weighted by atomic mass is 16.6. The summed E-state index contributed by atoms with van der Waals surface area (Å²) >= 11 is 0. The predicted molar refractivity (Wildman–Crippen MR) is 156 cm³/mol. The molecule has 2 heterocycles. The lowest BCUT2D eigenvalue weighted by molar-refractivity contribution is 0.00651. The molecule has 0 aromatic heterocycles. The number of Topliss-reactive ketones (excluding diaryl/α,β-unsaturated/α-hetero) is 1. The van der Waals surface area contributed by atoms with Crippen LogP contribution in [-0.4, -0.2) is 67.6 Å². The van der Waals surface area contributed by atoms with Gasteiger partial charge in [-0.2, -0.15) is 0 Å². The van der Waals surface area contributed by atoms with Gasteiger partial charge in [-0.25, -0.2) is 4.79 Å².